The third-order valence-electron chi connectivity index (χ3n) is 4.73. The van der Waals surface area contributed by atoms with E-state index in [1.54, 1.807) is 24.3 Å². The van der Waals surface area contributed by atoms with Gasteiger partial charge in [-0.3, -0.25) is 4.79 Å². The minimum atomic E-state index is -4.52. The van der Waals surface area contributed by atoms with Gasteiger partial charge in [-0.25, -0.2) is 4.98 Å². The SMILES string of the molecule is CO/N=C1\CCCC[C@@H]1NC(=O)c1cnc(OCC(F)(F)F)c(-c2ccc(Cl)cc2)c1. The first-order valence-corrected chi connectivity index (χ1v) is 10.0. The summed E-state index contributed by atoms with van der Waals surface area (Å²) in [6, 6.07) is 7.59. The van der Waals surface area contributed by atoms with Crippen molar-refractivity contribution in [1.29, 1.82) is 0 Å². The summed E-state index contributed by atoms with van der Waals surface area (Å²) >= 11 is 5.91. The molecule has 166 valence electrons. The molecule has 1 N–H and O–H groups in total. The molecule has 0 saturated heterocycles. The Hall–Kier alpha value is -2.81. The standard InChI is InChI=1S/C21H21ClF3N3O3/c1-30-28-18-5-3-2-4-17(18)27-19(29)14-10-16(13-6-8-15(22)9-7-13)20(26-11-14)31-12-21(23,24)25/h6-11,17H,2-5,12H2,1H3,(H,27,29)/b28-18+/t17-/m0/s1. The monoisotopic (exact) mass is 455 g/mol. The zero-order valence-electron chi connectivity index (χ0n) is 16.7. The van der Waals surface area contributed by atoms with Gasteiger partial charge >= 0.3 is 6.18 Å². The zero-order valence-corrected chi connectivity index (χ0v) is 17.5. The summed E-state index contributed by atoms with van der Waals surface area (Å²) in [6.07, 6.45) is 0.00714. The third kappa shape index (κ3) is 6.33. The van der Waals surface area contributed by atoms with Crippen molar-refractivity contribution >= 4 is 23.2 Å². The first kappa shape index (κ1) is 22.9. The van der Waals surface area contributed by atoms with E-state index in [2.05, 4.69) is 15.5 Å². The lowest BCUT2D eigenvalue weighted by Crippen LogP contribution is -2.42. The molecule has 1 aliphatic rings. The minimum absolute atomic E-state index is 0.187. The number of nitrogens with one attached hydrogen (secondary N) is 1. The van der Waals surface area contributed by atoms with Crippen molar-refractivity contribution in [1.82, 2.24) is 10.3 Å². The minimum Gasteiger partial charge on any atom is -0.468 e. The Kier molecular flexibility index (Phi) is 7.37. The van der Waals surface area contributed by atoms with E-state index in [1.807, 2.05) is 0 Å². The van der Waals surface area contributed by atoms with Gasteiger partial charge in [0.1, 0.15) is 7.11 Å². The zero-order chi connectivity index (χ0) is 22.4. The van der Waals surface area contributed by atoms with Crippen molar-refractivity contribution in [2.45, 2.75) is 37.9 Å². The highest BCUT2D eigenvalue weighted by Crippen LogP contribution is 2.31. The van der Waals surface area contributed by atoms with Crippen LogP contribution < -0.4 is 10.1 Å². The molecule has 1 heterocycles. The lowest BCUT2D eigenvalue weighted by atomic mass is 9.93. The highest BCUT2D eigenvalue weighted by Gasteiger charge is 2.30. The number of hydrogen-bond acceptors (Lipinski definition) is 5. The van der Waals surface area contributed by atoms with Gasteiger partial charge in [-0.15, -0.1) is 0 Å². The Bertz CT molecular complexity index is 949. The van der Waals surface area contributed by atoms with Gasteiger partial charge in [0.25, 0.3) is 5.91 Å². The molecule has 0 radical (unpaired) electrons. The van der Waals surface area contributed by atoms with Crippen LogP contribution in [0, 0.1) is 0 Å². The van der Waals surface area contributed by atoms with E-state index in [4.69, 9.17) is 21.2 Å². The number of benzene rings is 1. The fraction of sp³-hybridized carbons (Fsp3) is 0.381. The number of rotatable bonds is 6. The highest BCUT2D eigenvalue weighted by atomic mass is 35.5. The quantitative estimate of drug-likeness (QED) is 0.621. The van der Waals surface area contributed by atoms with Crippen LogP contribution in [0.5, 0.6) is 5.88 Å². The molecule has 0 unspecified atom stereocenters. The number of oxime groups is 1. The molecule has 1 fully saturated rings. The Morgan fingerprint density at radius 3 is 2.71 bits per heavy atom. The number of hydrogen-bond donors (Lipinski definition) is 1. The van der Waals surface area contributed by atoms with Gasteiger partial charge in [-0.2, -0.15) is 13.2 Å². The van der Waals surface area contributed by atoms with Gasteiger partial charge in [-0.1, -0.05) is 35.3 Å². The van der Waals surface area contributed by atoms with Gasteiger partial charge in [0.15, 0.2) is 6.61 Å². The first-order valence-electron chi connectivity index (χ1n) is 9.63. The molecule has 0 spiro atoms. The van der Waals surface area contributed by atoms with Gasteiger partial charge in [0.05, 0.1) is 17.3 Å². The van der Waals surface area contributed by atoms with E-state index in [9.17, 15) is 18.0 Å². The number of nitrogens with zero attached hydrogens (tertiary/aromatic N) is 2. The summed E-state index contributed by atoms with van der Waals surface area (Å²) in [5.41, 5.74) is 1.70. The molecule has 1 aliphatic carbocycles. The van der Waals surface area contributed by atoms with Crippen LogP contribution in [0.3, 0.4) is 0 Å². The van der Waals surface area contributed by atoms with E-state index in [0.717, 1.165) is 31.4 Å². The number of carbonyl (C=O) groups excluding carboxylic acids is 1. The molecule has 0 aliphatic heterocycles. The van der Waals surface area contributed by atoms with Crippen molar-refractivity contribution in [3.05, 3.63) is 47.1 Å². The van der Waals surface area contributed by atoms with Crippen LogP contribution >= 0.6 is 11.6 Å². The van der Waals surface area contributed by atoms with Crippen LogP contribution in [-0.2, 0) is 4.84 Å². The number of carbonyl (C=O) groups is 1. The van der Waals surface area contributed by atoms with Crippen molar-refractivity contribution in [3.63, 3.8) is 0 Å². The highest BCUT2D eigenvalue weighted by molar-refractivity contribution is 6.30. The van der Waals surface area contributed by atoms with Crippen LogP contribution in [0.15, 0.2) is 41.7 Å². The van der Waals surface area contributed by atoms with E-state index in [1.165, 1.54) is 19.4 Å². The fourth-order valence-electron chi connectivity index (χ4n) is 3.30. The predicted molar refractivity (Wildman–Crippen MR) is 110 cm³/mol. The molecule has 3 rings (SSSR count). The summed E-state index contributed by atoms with van der Waals surface area (Å²) in [5, 5.41) is 7.36. The molecule has 1 amide bonds. The molecule has 6 nitrogen and oxygen atoms in total. The molecule has 1 saturated carbocycles. The van der Waals surface area contributed by atoms with Gasteiger partial charge in [0.2, 0.25) is 5.88 Å². The average molecular weight is 456 g/mol. The topological polar surface area (TPSA) is 72.8 Å². The molecular weight excluding hydrogens is 435 g/mol. The largest absolute Gasteiger partial charge is 0.468 e. The van der Waals surface area contributed by atoms with Gasteiger partial charge < -0.3 is 14.9 Å². The number of pyridine rings is 1. The van der Waals surface area contributed by atoms with E-state index in [-0.39, 0.29) is 23.0 Å². The molecule has 0 bridgehead atoms. The molecule has 1 atom stereocenters. The van der Waals surface area contributed by atoms with Crippen LogP contribution in [0.4, 0.5) is 13.2 Å². The molecule has 10 heteroatoms. The van der Waals surface area contributed by atoms with Gasteiger partial charge in [0, 0.05) is 16.8 Å². The predicted octanol–water partition coefficient (Wildman–Crippen LogP) is 5.02. The molecular formula is C21H21ClF3N3O3. The lowest BCUT2D eigenvalue weighted by molar-refractivity contribution is -0.154. The van der Waals surface area contributed by atoms with E-state index >= 15 is 0 Å². The number of alkyl halides is 3. The maximum absolute atomic E-state index is 12.8. The number of halogens is 4. The van der Waals surface area contributed by atoms with Crippen molar-refractivity contribution < 1.29 is 27.5 Å². The summed E-state index contributed by atoms with van der Waals surface area (Å²) in [6.45, 7) is -1.49. The van der Waals surface area contributed by atoms with E-state index in [0.29, 0.717) is 10.6 Å². The van der Waals surface area contributed by atoms with Crippen molar-refractivity contribution in [2.75, 3.05) is 13.7 Å². The lowest BCUT2D eigenvalue weighted by Gasteiger charge is -2.24. The Morgan fingerprint density at radius 2 is 2.03 bits per heavy atom. The average Bonchev–Trinajstić information content (AvgIpc) is 2.74. The number of amides is 1. The molecule has 1 aromatic heterocycles. The van der Waals surface area contributed by atoms with Crippen LogP contribution in [0.1, 0.15) is 36.0 Å². The van der Waals surface area contributed by atoms with E-state index < -0.39 is 18.7 Å². The van der Waals surface area contributed by atoms with Crippen LogP contribution in [0.2, 0.25) is 5.02 Å². The van der Waals surface area contributed by atoms with Crippen molar-refractivity contribution in [3.8, 4) is 17.0 Å². The second-order valence-electron chi connectivity index (χ2n) is 7.02. The Balaban J connectivity index is 1.88. The first-order chi connectivity index (χ1) is 14.8. The smallest absolute Gasteiger partial charge is 0.422 e. The summed E-state index contributed by atoms with van der Waals surface area (Å²) in [5.74, 6) is -0.642. The second kappa shape index (κ2) is 10.00. The molecule has 1 aromatic carbocycles. The molecule has 31 heavy (non-hydrogen) atoms. The molecule has 2 aromatic rings. The normalized spacial score (nSPS) is 18.0. The van der Waals surface area contributed by atoms with Crippen LogP contribution in [0.25, 0.3) is 11.1 Å². The maximum Gasteiger partial charge on any atom is 0.422 e. The number of aromatic nitrogens is 1. The third-order valence-corrected chi connectivity index (χ3v) is 4.98. The fourth-order valence-corrected chi connectivity index (χ4v) is 3.42. The maximum atomic E-state index is 12.8. The summed E-state index contributed by atoms with van der Waals surface area (Å²) < 4.78 is 42.8. The Morgan fingerprint density at radius 1 is 1.29 bits per heavy atom. The number of ether oxygens (including phenoxy) is 1. The Labute approximate surface area is 182 Å². The second-order valence-corrected chi connectivity index (χ2v) is 7.46. The summed E-state index contributed by atoms with van der Waals surface area (Å²) in [4.78, 5) is 21.7. The van der Waals surface area contributed by atoms with Crippen molar-refractivity contribution in [2.24, 2.45) is 5.16 Å². The van der Waals surface area contributed by atoms with Crippen LogP contribution in [-0.4, -0.2) is 42.5 Å². The van der Waals surface area contributed by atoms with Gasteiger partial charge in [-0.05, 0) is 43.0 Å². The summed E-state index contributed by atoms with van der Waals surface area (Å²) in [7, 11) is 1.45.